The molecule has 0 radical (unpaired) electrons. The molecule has 1 N–H and O–H groups in total. The fraction of sp³-hybridized carbons (Fsp3) is 0.450. The van der Waals surface area contributed by atoms with Gasteiger partial charge in [-0.1, -0.05) is 25.1 Å². The van der Waals surface area contributed by atoms with E-state index in [9.17, 15) is 4.79 Å². The number of methoxy groups -OCH3 is 1. The van der Waals surface area contributed by atoms with Gasteiger partial charge in [0, 0.05) is 32.0 Å². The lowest BCUT2D eigenvalue weighted by molar-refractivity contribution is -0.145. The summed E-state index contributed by atoms with van der Waals surface area (Å²) >= 11 is 0. The van der Waals surface area contributed by atoms with E-state index in [0.717, 1.165) is 30.3 Å². The monoisotopic (exact) mass is 497 g/mol. The lowest BCUT2D eigenvalue weighted by Crippen LogP contribution is -2.40. The molecule has 1 aliphatic heterocycles. The summed E-state index contributed by atoms with van der Waals surface area (Å²) in [4.78, 5) is 23.1. The van der Waals surface area contributed by atoms with Gasteiger partial charge in [0.15, 0.2) is 5.96 Å². The zero-order valence-corrected chi connectivity index (χ0v) is 18.9. The summed E-state index contributed by atoms with van der Waals surface area (Å²) in [6, 6.07) is 8.16. The molecule has 1 aliphatic rings. The molecule has 0 saturated carbocycles. The van der Waals surface area contributed by atoms with Crippen molar-refractivity contribution in [2.75, 3.05) is 26.7 Å². The molecule has 0 aliphatic carbocycles. The lowest BCUT2D eigenvalue weighted by Gasteiger charge is -2.21. The number of guanidine groups is 1. The van der Waals surface area contributed by atoms with Crippen LogP contribution in [-0.4, -0.2) is 53.1 Å². The van der Waals surface area contributed by atoms with Crippen LogP contribution >= 0.6 is 24.0 Å². The molecule has 2 unspecified atom stereocenters. The number of rotatable bonds is 5. The van der Waals surface area contributed by atoms with Crippen LogP contribution in [0.3, 0.4) is 0 Å². The van der Waals surface area contributed by atoms with Gasteiger partial charge in [-0.2, -0.15) is 0 Å². The van der Waals surface area contributed by atoms with Gasteiger partial charge in [0.2, 0.25) is 0 Å². The van der Waals surface area contributed by atoms with E-state index in [1.165, 1.54) is 7.11 Å². The molecule has 2 atom stereocenters. The fourth-order valence-electron chi connectivity index (χ4n) is 3.48. The smallest absolute Gasteiger partial charge is 0.310 e. The Bertz CT molecular complexity index is 794. The van der Waals surface area contributed by atoms with E-state index in [1.807, 2.05) is 29.8 Å². The standard InChI is InChI=1S/C20H27N5O2.HI/c1-4-22-20(25-12-15(2)17(13-25)19(26)27-3)23-11-16-7-5-6-8-18(16)24-10-9-21-14-24;/h5-10,14-15,17H,4,11-13H2,1-3H3,(H,22,23);1H. The second kappa shape index (κ2) is 10.4. The maximum absolute atomic E-state index is 12.0. The Morgan fingerprint density at radius 1 is 1.36 bits per heavy atom. The third-order valence-corrected chi connectivity index (χ3v) is 4.92. The van der Waals surface area contributed by atoms with Crippen LogP contribution in [0.5, 0.6) is 0 Å². The number of carbonyl (C=O) groups is 1. The van der Waals surface area contributed by atoms with Gasteiger partial charge in [0.25, 0.3) is 0 Å². The molecular formula is C20H28IN5O2. The summed E-state index contributed by atoms with van der Waals surface area (Å²) in [6.45, 7) is 6.86. The van der Waals surface area contributed by atoms with Gasteiger partial charge in [-0.05, 0) is 24.5 Å². The third-order valence-electron chi connectivity index (χ3n) is 4.92. The van der Waals surface area contributed by atoms with E-state index >= 15 is 0 Å². The number of carbonyl (C=O) groups excluding carboxylic acids is 1. The molecule has 2 heterocycles. The Kier molecular flexibility index (Phi) is 8.28. The zero-order valence-electron chi connectivity index (χ0n) is 16.5. The van der Waals surface area contributed by atoms with Gasteiger partial charge in [0.1, 0.15) is 0 Å². The first-order chi connectivity index (χ1) is 13.1. The summed E-state index contributed by atoms with van der Waals surface area (Å²) in [7, 11) is 1.45. The average Bonchev–Trinajstić information content (AvgIpc) is 3.34. The summed E-state index contributed by atoms with van der Waals surface area (Å²) in [5.74, 6) is 0.805. The quantitative estimate of drug-likeness (QED) is 0.298. The maximum atomic E-state index is 12.0. The topological polar surface area (TPSA) is 71.8 Å². The summed E-state index contributed by atoms with van der Waals surface area (Å²) < 4.78 is 6.93. The molecule has 1 aromatic heterocycles. The minimum absolute atomic E-state index is 0. The Hall–Kier alpha value is -2.10. The third kappa shape index (κ3) is 5.03. The number of aromatic nitrogens is 2. The average molecular weight is 497 g/mol. The van der Waals surface area contributed by atoms with Crippen LogP contribution in [0.15, 0.2) is 48.0 Å². The van der Waals surface area contributed by atoms with E-state index in [1.54, 1.807) is 12.5 Å². The van der Waals surface area contributed by atoms with E-state index in [2.05, 4.69) is 34.3 Å². The van der Waals surface area contributed by atoms with Crippen LogP contribution in [0.2, 0.25) is 0 Å². The number of aliphatic imine (C=N–C) groups is 1. The minimum atomic E-state index is -0.147. The van der Waals surface area contributed by atoms with Crippen molar-refractivity contribution < 1.29 is 9.53 Å². The van der Waals surface area contributed by atoms with Crippen molar-refractivity contribution in [3.05, 3.63) is 48.5 Å². The van der Waals surface area contributed by atoms with Gasteiger partial charge in [-0.3, -0.25) is 4.79 Å². The van der Waals surface area contributed by atoms with Crippen molar-refractivity contribution in [3.63, 3.8) is 0 Å². The Morgan fingerprint density at radius 3 is 2.82 bits per heavy atom. The number of benzene rings is 1. The molecule has 28 heavy (non-hydrogen) atoms. The van der Waals surface area contributed by atoms with Crippen LogP contribution in [0.25, 0.3) is 5.69 Å². The minimum Gasteiger partial charge on any atom is -0.469 e. The number of nitrogens with one attached hydrogen (secondary N) is 1. The van der Waals surface area contributed by atoms with Crippen molar-refractivity contribution >= 4 is 35.9 Å². The highest BCUT2D eigenvalue weighted by atomic mass is 127. The first-order valence-electron chi connectivity index (χ1n) is 9.31. The Morgan fingerprint density at radius 2 is 2.14 bits per heavy atom. The van der Waals surface area contributed by atoms with E-state index in [0.29, 0.717) is 13.1 Å². The number of esters is 1. The van der Waals surface area contributed by atoms with E-state index < -0.39 is 0 Å². The molecule has 0 amide bonds. The SMILES string of the molecule is CCNC(=NCc1ccccc1-n1ccnc1)N1CC(C)C(C(=O)OC)C1.I. The molecule has 1 fully saturated rings. The summed E-state index contributed by atoms with van der Waals surface area (Å²) in [5.41, 5.74) is 2.18. The molecule has 0 bridgehead atoms. The first kappa shape index (κ1) is 22.2. The number of para-hydroxylation sites is 1. The van der Waals surface area contributed by atoms with Crippen LogP contribution in [-0.2, 0) is 16.1 Å². The molecule has 2 aromatic rings. The number of hydrogen-bond acceptors (Lipinski definition) is 4. The second-order valence-electron chi connectivity index (χ2n) is 6.78. The number of likely N-dealkylation sites (tertiary alicyclic amines) is 1. The molecule has 152 valence electrons. The highest BCUT2D eigenvalue weighted by molar-refractivity contribution is 14.0. The van der Waals surface area contributed by atoms with Crippen LogP contribution in [0, 0.1) is 11.8 Å². The Labute approximate surface area is 183 Å². The number of halogens is 1. The van der Waals surface area contributed by atoms with Crippen molar-refractivity contribution in [3.8, 4) is 5.69 Å². The largest absolute Gasteiger partial charge is 0.469 e. The predicted molar refractivity (Wildman–Crippen MR) is 120 cm³/mol. The number of imidazole rings is 1. The highest BCUT2D eigenvalue weighted by Gasteiger charge is 2.36. The summed E-state index contributed by atoms with van der Waals surface area (Å²) in [5, 5.41) is 3.35. The van der Waals surface area contributed by atoms with E-state index in [-0.39, 0.29) is 41.8 Å². The normalized spacial score (nSPS) is 19.2. The van der Waals surface area contributed by atoms with E-state index in [4.69, 9.17) is 9.73 Å². The highest BCUT2D eigenvalue weighted by Crippen LogP contribution is 2.24. The molecule has 1 saturated heterocycles. The molecule has 1 aromatic carbocycles. The van der Waals surface area contributed by atoms with Crippen LogP contribution < -0.4 is 5.32 Å². The predicted octanol–water partition coefficient (Wildman–Crippen LogP) is 2.70. The van der Waals surface area contributed by atoms with Crippen molar-refractivity contribution in [1.82, 2.24) is 19.8 Å². The second-order valence-corrected chi connectivity index (χ2v) is 6.78. The van der Waals surface area contributed by atoms with Crippen molar-refractivity contribution in [1.29, 1.82) is 0 Å². The summed E-state index contributed by atoms with van der Waals surface area (Å²) in [6.07, 6.45) is 5.48. The van der Waals surface area contributed by atoms with Gasteiger partial charge in [0.05, 0.1) is 31.6 Å². The van der Waals surface area contributed by atoms with Gasteiger partial charge < -0.3 is 19.5 Å². The maximum Gasteiger partial charge on any atom is 0.310 e. The van der Waals surface area contributed by atoms with Crippen molar-refractivity contribution in [2.45, 2.75) is 20.4 Å². The van der Waals surface area contributed by atoms with Crippen LogP contribution in [0.1, 0.15) is 19.4 Å². The Balaban J connectivity index is 0.00000280. The molecule has 7 nitrogen and oxygen atoms in total. The van der Waals surface area contributed by atoms with Gasteiger partial charge in [-0.25, -0.2) is 9.98 Å². The molecule has 3 rings (SSSR count). The molecule has 0 spiro atoms. The zero-order chi connectivity index (χ0) is 19.2. The van der Waals surface area contributed by atoms with Crippen LogP contribution in [0.4, 0.5) is 0 Å². The number of nitrogens with zero attached hydrogens (tertiary/aromatic N) is 4. The van der Waals surface area contributed by atoms with Gasteiger partial charge in [-0.15, -0.1) is 24.0 Å². The first-order valence-corrected chi connectivity index (χ1v) is 9.31. The number of ether oxygens (including phenoxy) is 1. The van der Waals surface area contributed by atoms with Crippen molar-refractivity contribution in [2.24, 2.45) is 16.8 Å². The molecular weight excluding hydrogens is 469 g/mol. The number of hydrogen-bond donors (Lipinski definition) is 1. The fourth-order valence-corrected chi connectivity index (χ4v) is 3.48. The lowest BCUT2D eigenvalue weighted by atomic mass is 9.99. The van der Waals surface area contributed by atoms with Gasteiger partial charge >= 0.3 is 5.97 Å². The molecule has 8 heteroatoms.